The van der Waals surface area contributed by atoms with E-state index < -0.39 is 0 Å². The van der Waals surface area contributed by atoms with Gasteiger partial charge in [-0.05, 0) is 11.6 Å². The van der Waals surface area contributed by atoms with Crippen molar-refractivity contribution >= 4 is 17.5 Å². The van der Waals surface area contributed by atoms with Crippen LogP contribution < -0.4 is 10.6 Å². The molecule has 0 aliphatic carbocycles. The van der Waals surface area contributed by atoms with Crippen LogP contribution >= 0.6 is 0 Å². The summed E-state index contributed by atoms with van der Waals surface area (Å²) >= 11 is 0. The number of fused-ring (bicyclic) bond motifs is 1. The van der Waals surface area contributed by atoms with Gasteiger partial charge < -0.3 is 10.6 Å². The normalized spacial score (nSPS) is 19.0. The second kappa shape index (κ2) is 3.73. The van der Waals surface area contributed by atoms with E-state index in [4.69, 9.17) is 0 Å². The van der Waals surface area contributed by atoms with Crippen molar-refractivity contribution in [3.63, 3.8) is 0 Å². The van der Waals surface area contributed by atoms with E-state index in [0.717, 1.165) is 11.3 Å². The molecule has 0 saturated carbocycles. The highest BCUT2D eigenvalue weighted by molar-refractivity contribution is 6.01. The molecule has 2 N–H and O–H groups in total. The summed E-state index contributed by atoms with van der Waals surface area (Å²) in [6.07, 6.45) is 0.219. The molecule has 1 aliphatic rings. The van der Waals surface area contributed by atoms with Crippen molar-refractivity contribution in [2.45, 2.75) is 12.3 Å². The van der Waals surface area contributed by atoms with Crippen molar-refractivity contribution in [1.29, 1.82) is 0 Å². The van der Waals surface area contributed by atoms with Gasteiger partial charge >= 0.3 is 0 Å². The van der Waals surface area contributed by atoms with Gasteiger partial charge in [0.15, 0.2) is 0 Å². The van der Waals surface area contributed by atoms with Crippen LogP contribution in [0, 0.1) is 0 Å². The molecule has 0 fully saturated rings. The lowest BCUT2D eigenvalue weighted by Gasteiger charge is -2.23. The molecule has 1 atom stereocenters. The van der Waals surface area contributed by atoms with Gasteiger partial charge in [-0.3, -0.25) is 9.59 Å². The molecule has 1 aromatic carbocycles. The van der Waals surface area contributed by atoms with Crippen LogP contribution in [0.25, 0.3) is 0 Å². The topological polar surface area (TPSA) is 58.2 Å². The first-order valence-corrected chi connectivity index (χ1v) is 4.82. The fourth-order valence-electron chi connectivity index (χ4n) is 1.82. The molecule has 0 saturated heterocycles. The fourth-order valence-corrected chi connectivity index (χ4v) is 1.82. The van der Waals surface area contributed by atoms with Crippen molar-refractivity contribution in [2.75, 3.05) is 12.4 Å². The highest BCUT2D eigenvalue weighted by Crippen LogP contribution is 2.31. The second-order valence-corrected chi connectivity index (χ2v) is 3.51. The number of hydrogen-bond acceptors (Lipinski definition) is 2. The molecule has 78 valence electrons. The van der Waals surface area contributed by atoms with Crippen LogP contribution in [0.2, 0.25) is 0 Å². The highest BCUT2D eigenvalue weighted by atomic mass is 16.2. The zero-order valence-corrected chi connectivity index (χ0v) is 8.41. The van der Waals surface area contributed by atoms with E-state index in [0.29, 0.717) is 0 Å². The van der Waals surface area contributed by atoms with Crippen molar-refractivity contribution < 1.29 is 9.59 Å². The van der Waals surface area contributed by atoms with E-state index in [1.54, 1.807) is 7.05 Å². The van der Waals surface area contributed by atoms with Gasteiger partial charge in [0, 0.05) is 19.2 Å². The average Bonchev–Trinajstić information content (AvgIpc) is 2.26. The molecule has 4 nitrogen and oxygen atoms in total. The third kappa shape index (κ3) is 1.70. The monoisotopic (exact) mass is 204 g/mol. The third-order valence-corrected chi connectivity index (χ3v) is 2.56. The molecular formula is C11H12N2O2. The molecule has 0 aromatic heterocycles. The Morgan fingerprint density at radius 3 is 2.93 bits per heavy atom. The van der Waals surface area contributed by atoms with Crippen LogP contribution in [0.5, 0.6) is 0 Å². The van der Waals surface area contributed by atoms with Gasteiger partial charge in [-0.15, -0.1) is 0 Å². The van der Waals surface area contributed by atoms with Crippen LogP contribution in [0.1, 0.15) is 17.9 Å². The van der Waals surface area contributed by atoms with Gasteiger partial charge in [-0.25, -0.2) is 0 Å². The summed E-state index contributed by atoms with van der Waals surface area (Å²) < 4.78 is 0. The Balaban J connectivity index is 2.42. The summed E-state index contributed by atoms with van der Waals surface area (Å²) in [5, 5.41) is 5.33. The van der Waals surface area contributed by atoms with Crippen LogP contribution in [0.15, 0.2) is 24.3 Å². The standard InChI is InChI=1S/C11H12N2O2/c1-12-11(15)8-6-10(14)13-9-5-3-2-4-7(8)9/h2-5,8H,6H2,1H3,(H,12,15)(H,13,14). The number of carbonyl (C=O) groups is 2. The molecule has 1 aromatic rings. The Kier molecular flexibility index (Phi) is 2.41. The first kappa shape index (κ1) is 9.71. The Labute approximate surface area is 87.7 Å². The molecule has 0 spiro atoms. The summed E-state index contributed by atoms with van der Waals surface area (Å²) in [5.74, 6) is -0.584. The fraction of sp³-hybridized carbons (Fsp3) is 0.273. The quantitative estimate of drug-likeness (QED) is 0.712. The molecule has 1 unspecified atom stereocenters. The van der Waals surface area contributed by atoms with Crippen molar-refractivity contribution in [3.8, 4) is 0 Å². The molecule has 4 heteroatoms. The van der Waals surface area contributed by atoms with Crippen LogP contribution in [0.4, 0.5) is 5.69 Å². The number of anilines is 1. The van der Waals surface area contributed by atoms with Crippen LogP contribution in [-0.4, -0.2) is 18.9 Å². The van der Waals surface area contributed by atoms with Gasteiger partial charge in [-0.2, -0.15) is 0 Å². The maximum absolute atomic E-state index is 11.6. The van der Waals surface area contributed by atoms with Gasteiger partial charge in [0.25, 0.3) is 0 Å². The number of hydrogen-bond donors (Lipinski definition) is 2. The molecular weight excluding hydrogens is 192 g/mol. The number of likely N-dealkylation sites (N-methyl/N-ethyl adjacent to an activating group) is 1. The predicted molar refractivity (Wildman–Crippen MR) is 56.5 cm³/mol. The number of nitrogens with one attached hydrogen (secondary N) is 2. The molecule has 2 rings (SSSR count). The molecule has 1 heterocycles. The zero-order valence-electron chi connectivity index (χ0n) is 8.41. The molecule has 0 radical (unpaired) electrons. The van der Waals surface area contributed by atoms with Crippen molar-refractivity contribution in [1.82, 2.24) is 5.32 Å². The lowest BCUT2D eigenvalue weighted by Crippen LogP contribution is -2.33. The first-order chi connectivity index (χ1) is 7.22. The van der Waals surface area contributed by atoms with Crippen molar-refractivity contribution in [2.24, 2.45) is 0 Å². The van der Waals surface area contributed by atoms with Gasteiger partial charge in [0.1, 0.15) is 0 Å². The maximum atomic E-state index is 11.6. The van der Waals surface area contributed by atoms with E-state index in [-0.39, 0.29) is 24.2 Å². The predicted octanol–water partition coefficient (Wildman–Crippen LogP) is 0.858. The van der Waals surface area contributed by atoms with E-state index in [2.05, 4.69) is 10.6 Å². The smallest absolute Gasteiger partial charge is 0.227 e. The summed E-state index contributed by atoms with van der Waals surface area (Å²) in [4.78, 5) is 22.9. The van der Waals surface area contributed by atoms with E-state index in [1.807, 2.05) is 24.3 Å². The average molecular weight is 204 g/mol. The molecule has 1 aliphatic heterocycles. The summed E-state index contributed by atoms with van der Waals surface area (Å²) in [6, 6.07) is 7.38. The maximum Gasteiger partial charge on any atom is 0.227 e. The molecule has 0 bridgehead atoms. The highest BCUT2D eigenvalue weighted by Gasteiger charge is 2.29. The number of benzene rings is 1. The van der Waals surface area contributed by atoms with Crippen LogP contribution in [0.3, 0.4) is 0 Å². The first-order valence-electron chi connectivity index (χ1n) is 4.82. The number of carbonyl (C=O) groups excluding carboxylic acids is 2. The number of amides is 2. The van der Waals surface area contributed by atoms with Gasteiger partial charge in [-0.1, -0.05) is 18.2 Å². The minimum atomic E-state index is -0.361. The van der Waals surface area contributed by atoms with E-state index >= 15 is 0 Å². The van der Waals surface area contributed by atoms with Crippen LogP contribution in [-0.2, 0) is 9.59 Å². The van der Waals surface area contributed by atoms with E-state index in [1.165, 1.54) is 0 Å². The minimum absolute atomic E-state index is 0.109. The summed E-state index contributed by atoms with van der Waals surface area (Å²) in [5.41, 5.74) is 1.62. The molecule has 15 heavy (non-hydrogen) atoms. The minimum Gasteiger partial charge on any atom is -0.359 e. The molecule has 2 amide bonds. The summed E-state index contributed by atoms with van der Waals surface area (Å²) in [7, 11) is 1.58. The van der Waals surface area contributed by atoms with Gasteiger partial charge in [0.05, 0.1) is 5.92 Å². The Morgan fingerprint density at radius 1 is 1.47 bits per heavy atom. The lowest BCUT2D eigenvalue weighted by molar-refractivity contribution is -0.125. The SMILES string of the molecule is CNC(=O)C1CC(=O)Nc2ccccc21. The third-order valence-electron chi connectivity index (χ3n) is 2.56. The lowest BCUT2D eigenvalue weighted by atomic mass is 9.90. The Hall–Kier alpha value is -1.84. The summed E-state index contributed by atoms with van der Waals surface area (Å²) in [6.45, 7) is 0. The van der Waals surface area contributed by atoms with Gasteiger partial charge in [0.2, 0.25) is 11.8 Å². The van der Waals surface area contributed by atoms with E-state index in [9.17, 15) is 9.59 Å². The Bertz CT molecular complexity index is 415. The largest absolute Gasteiger partial charge is 0.359 e. The number of rotatable bonds is 1. The second-order valence-electron chi connectivity index (χ2n) is 3.51. The van der Waals surface area contributed by atoms with Crippen molar-refractivity contribution in [3.05, 3.63) is 29.8 Å². The number of para-hydroxylation sites is 1. The Morgan fingerprint density at radius 2 is 2.20 bits per heavy atom. The zero-order chi connectivity index (χ0) is 10.8.